The number of aromatic hydroxyl groups is 1. The Balaban J connectivity index is 2.21. The van der Waals surface area contributed by atoms with Gasteiger partial charge in [-0.3, -0.25) is 14.3 Å². The fraction of sp³-hybridized carbons (Fsp3) is 0.0909. The van der Waals surface area contributed by atoms with E-state index in [2.05, 4.69) is 10.3 Å². The highest BCUT2D eigenvalue weighted by Gasteiger charge is 2.15. The number of nitrogens with one attached hydrogen (secondary N) is 1. The Bertz CT molecular complexity index is 654. The molecule has 2 aromatic rings. The van der Waals surface area contributed by atoms with Crippen molar-refractivity contribution in [3.05, 3.63) is 29.1 Å². The third-order valence-corrected chi connectivity index (χ3v) is 4.02. The summed E-state index contributed by atoms with van der Waals surface area (Å²) in [4.78, 5) is 15.9. The number of benzene rings is 1. The van der Waals surface area contributed by atoms with E-state index < -0.39 is 16.7 Å². The number of thiazole rings is 1. The number of amides is 1. The van der Waals surface area contributed by atoms with Crippen LogP contribution in [0, 0.1) is 0 Å². The summed E-state index contributed by atoms with van der Waals surface area (Å²) >= 11 is 1.16. The zero-order chi connectivity index (χ0) is 14.0. The number of carbonyl (C=O) groups is 1. The Kier molecular flexibility index (Phi) is 3.82. The number of nitrogens with two attached hydrogens (primary N) is 1. The number of hydrogen-bond donors (Lipinski definition) is 3. The van der Waals surface area contributed by atoms with Crippen LogP contribution in [-0.4, -0.2) is 26.5 Å². The highest BCUT2D eigenvalue weighted by atomic mass is 32.2. The number of anilines is 2. The van der Waals surface area contributed by atoms with Crippen molar-refractivity contribution < 1.29 is 14.1 Å². The molecule has 0 saturated carbocycles. The first-order valence-corrected chi connectivity index (χ1v) is 7.60. The summed E-state index contributed by atoms with van der Waals surface area (Å²) in [6.45, 7) is 0. The summed E-state index contributed by atoms with van der Waals surface area (Å²) in [7, 11) is -1.20. The molecule has 2 rings (SSSR count). The average Bonchev–Trinajstić information content (AvgIpc) is 2.81. The first kappa shape index (κ1) is 13.5. The van der Waals surface area contributed by atoms with Gasteiger partial charge in [-0.15, -0.1) is 11.3 Å². The minimum absolute atomic E-state index is 0.0642. The predicted molar refractivity (Wildman–Crippen MR) is 74.9 cm³/mol. The normalized spacial score (nSPS) is 12.1. The number of nitrogens with zero attached hydrogens (tertiary/aromatic N) is 1. The van der Waals surface area contributed by atoms with E-state index in [0.29, 0.717) is 10.2 Å². The van der Waals surface area contributed by atoms with Gasteiger partial charge in [0.05, 0.1) is 22.1 Å². The lowest BCUT2D eigenvalue weighted by atomic mass is 10.1. The van der Waals surface area contributed by atoms with Crippen LogP contribution >= 0.6 is 11.3 Å². The van der Waals surface area contributed by atoms with Crippen LogP contribution in [0.1, 0.15) is 10.4 Å². The number of para-hydroxylation sites is 1. The van der Waals surface area contributed by atoms with E-state index in [0.717, 1.165) is 11.3 Å². The van der Waals surface area contributed by atoms with Gasteiger partial charge >= 0.3 is 0 Å². The number of phenolic OH excluding ortho intramolecular Hbond substituents is 1. The van der Waals surface area contributed by atoms with Gasteiger partial charge in [-0.05, 0) is 12.1 Å². The molecule has 0 bridgehead atoms. The zero-order valence-electron chi connectivity index (χ0n) is 9.91. The Labute approximate surface area is 115 Å². The molecule has 0 fully saturated rings. The lowest BCUT2D eigenvalue weighted by molar-refractivity contribution is 0.102. The van der Waals surface area contributed by atoms with Crippen LogP contribution in [0.25, 0.3) is 0 Å². The van der Waals surface area contributed by atoms with Crippen LogP contribution in [0.4, 0.5) is 10.8 Å². The molecule has 0 aliphatic rings. The monoisotopic (exact) mass is 297 g/mol. The van der Waals surface area contributed by atoms with E-state index in [1.807, 2.05) is 0 Å². The number of carbonyl (C=O) groups excluding carboxylic acids is 1. The van der Waals surface area contributed by atoms with Crippen LogP contribution < -0.4 is 11.1 Å². The molecule has 8 heteroatoms. The molecule has 19 heavy (non-hydrogen) atoms. The largest absolute Gasteiger partial charge is 0.505 e. The molecule has 1 unspecified atom stereocenters. The van der Waals surface area contributed by atoms with Gasteiger partial charge in [0, 0.05) is 11.6 Å². The van der Waals surface area contributed by atoms with Crippen molar-refractivity contribution in [1.82, 2.24) is 4.98 Å². The SMILES string of the molecule is CS(=O)c1csc(NC(=O)c2cccc(N)c2O)n1. The Hall–Kier alpha value is -1.93. The fourth-order valence-corrected chi connectivity index (χ4v) is 2.89. The summed E-state index contributed by atoms with van der Waals surface area (Å²) in [5.74, 6) is -0.788. The van der Waals surface area contributed by atoms with Gasteiger partial charge in [-0.2, -0.15) is 0 Å². The maximum absolute atomic E-state index is 11.9. The molecule has 1 atom stereocenters. The fourth-order valence-electron chi connectivity index (χ4n) is 1.36. The van der Waals surface area contributed by atoms with Crippen molar-refractivity contribution >= 4 is 38.9 Å². The third-order valence-electron chi connectivity index (χ3n) is 2.31. The first-order valence-electron chi connectivity index (χ1n) is 5.17. The van der Waals surface area contributed by atoms with E-state index in [1.165, 1.54) is 18.4 Å². The number of hydrogen-bond acceptors (Lipinski definition) is 6. The van der Waals surface area contributed by atoms with Gasteiger partial charge in [0.15, 0.2) is 10.9 Å². The van der Waals surface area contributed by atoms with E-state index in [4.69, 9.17) is 5.73 Å². The smallest absolute Gasteiger partial charge is 0.261 e. The molecule has 0 saturated heterocycles. The maximum atomic E-state index is 11.9. The second kappa shape index (κ2) is 5.37. The highest BCUT2D eigenvalue weighted by Crippen LogP contribution is 2.26. The second-order valence-corrected chi connectivity index (χ2v) is 5.83. The molecule has 0 aliphatic carbocycles. The molecule has 0 radical (unpaired) electrons. The van der Waals surface area contributed by atoms with Crippen molar-refractivity contribution in [2.24, 2.45) is 0 Å². The number of aromatic nitrogens is 1. The number of rotatable bonds is 3. The summed E-state index contributed by atoms with van der Waals surface area (Å²) in [6.07, 6.45) is 1.50. The van der Waals surface area contributed by atoms with E-state index in [9.17, 15) is 14.1 Å². The second-order valence-electron chi connectivity index (χ2n) is 3.64. The molecule has 0 spiro atoms. The van der Waals surface area contributed by atoms with Gasteiger partial charge in [-0.1, -0.05) is 6.07 Å². The Morgan fingerprint density at radius 3 is 2.89 bits per heavy atom. The lowest BCUT2D eigenvalue weighted by Gasteiger charge is -2.05. The molecule has 1 aromatic heterocycles. The van der Waals surface area contributed by atoms with E-state index >= 15 is 0 Å². The molecule has 1 heterocycles. The van der Waals surface area contributed by atoms with Crippen molar-refractivity contribution in [3.8, 4) is 5.75 Å². The predicted octanol–water partition coefficient (Wildman–Crippen LogP) is 1.42. The van der Waals surface area contributed by atoms with Crippen LogP contribution in [0.15, 0.2) is 28.6 Å². The van der Waals surface area contributed by atoms with Crippen LogP contribution in [0.5, 0.6) is 5.75 Å². The van der Waals surface area contributed by atoms with Crippen molar-refractivity contribution in [2.75, 3.05) is 17.3 Å². The van der Waals surface area contributed by atoms with E-state index in [1.54, 1.807) is 11.4 Å². The molecule has 1 amide bonds. The topological polar surface area (TPSA) is 105 Å². The lowest BCUT2D eigenvalue weighted by Crippen LogP contribution is -2.12. The van der Waals surface area contributed by atoms with Gasteiger partial charge in [0.25, 0.3) is 5.91 Å². The minimum Gasteiger partial charge on any atom is -0.505 e. The van der Waals surface area contributed by atoms with Gasteiger partial charge < -0.3 is 10.8 Å². The molecule has 100 valence electrons. The Morgan fingerprint density at radius 2 is 2.26 bits per heavy atom. The number of phenols is 1. The molecule has 1 aromatic carbocycles. The van der Waals surface area contributed by atoms with Crippen molar-refractivity contribution in [1.29, 1.82) is 0 Å². The Morgan fingerprint density at radius 1 is 1.53 bits per heavy atom. The van der Waals surface area contributed by atoms with Gasteiger partial charge in [-0.25, -0.2) is 4.98 Å². The standard InChI is InChI=1S/C11H11N3O3S2/c1-19(17)8-5-18-11(13-8)14-10(16)6-3-2-4-7(12)9(6)15/h2-5,15H,12H2,1H3,(H,13,14,16). The molecular weight excluding hydrogens is 286 g/mol. The third kappa shape index (κ3) is 2.91. The van der Waals surface area contributed by atoms with Crippen molar-refractivity contribution in [3.63, 3.8) is 0 Å². The summed E-state index contributed by atoms with van der Waals surface area (Å²) in [5, 5.41) is 14.5. The summed E-state index contributed by atoms with van der Waals surface area (Å²) in [6, 6.07) is 4.51. The first-order chi connectivity index (χ1) is 8.99. The summed E-state index contributed by atoms with van der Waals surface area (Å²) in [5.41, 5.74) is 5.70. The van der Waals surface area contributed by atoms with Crippen molar-refractivity contribution in [2.45, 2.75) is 5.03 Å². The van der Waals surface area contributed by atoms with Crippen LogP contribution in [0.3, 0.4) is 0 Å². The molecule has 4 N–H and O–H groups in total. The van der Waals surface area contributed by atoms with Crippen LogP contribution in [-0.2, 0) is 10.8 Å². The van der Waals surface area contributed by atoms with Gasteiger partial charge in [0.2, 0.25) is 0 Å². The number of nitrogen functional groups attached to an aromatic ring is 1. The maximum Gasteiger partial charge on any atom is 0.261 e. The zero-order valence-corrected chi connectivity index (χ0v) is 11.5. The molecular formula is C11H11N3O3S2. The molecule has 0 aliphatic heterocycles. The van der Waals surface area contributed by atoms with Gasteiger partial charge in [0.1, 0.15) is 5.03 Å². The minimum atomic E-state index is -1.20. The average molecular weight is 297 g/mol. The highest BCUT2D eigenvalue weighted by molar-refractivity contribution is 7.84. The van der Waals surface area contributed by atoms with Crippen LogP contribution in [0.2, 0.25) is 0 Å². The van der Waals surface area contributed by atoms with E-state index in [-0.39, 0.29) is 17.0 Å². The molecule has 6 nitrogen and oxygen atoms in total. The summed E-state index contributed by atoms with van der Waals surface area (Å²) < 4.78 is 11.2. The quantitative estimate of drug-likeness (QED) is 0.587.